The van der Waals surface area contributed by atoms with Gasteiger partial charge in [-0.3, -0.25) is 0 Å². The predicted molar refractivity (Wildman–Crippen MR) is 110 cm³/mol. The van der Waals surface area contributed by atoms with Crippen LogP contribution in [0.4, 0.5) is 0 Å². The largest absolute Gasteiger partial charge is 0.493 e. The summed E-state index contributed by atoms with van der Waals surface area (Å²) in [6, 6.07) is 0.574. The van der Waals surface area contributed by atoms with E-state index in [9.17, 15) is 0 Å². The molecule has 0 spiro atoms. The predicted octanol–water partition coefficient (Wildman–Crippen LogP) is 5.94. The van der Waals surface area contributed by atoms with E-state index in [-0.39, 0.29) is 6.10 Å². The topological polar surface area (TPSA) is 21.7 Å². The second-order valence-corrected chi connectivity index (χ2v) is 6.63. The average Bonchev–Trinajstić information content (AvgIpc) is 2.95. The van der Waals surface area contributed by atoms with E-state index in [1.165, 1.54) is 12.8 Å². The second-order valence-electron chi connectivity index (χ2n) is 6.63. The lowest BCUT2D eigenvalue weighted by molar-refractivity contribution is 0.152. The summed E-state index contributed by atoms with van der Waals surface area (Å²) in [5.74, 6) is 2.06. The number of nitrogens with zero attached hydrogens (tertiary/aromatic N) is 1. The number of hydrogen-bond acceptors (Lipinski definition) is 3. The van der Waals surface area contributed by atoms with Crippen molar-refractivity contribution >= 4 is 0 Å². The molecule has 1 fully saturated rings. The van der Waals surface area contributed by atoms with Crippen molar-refractivity contribution in [3.05, 3.63) is 35.8 Å². The van der Waals surface area contributed by atoms with Gasteiger partial charge in [0.05, 0.1) is 12.7 Å². The Bertz CT molecular complexity index is 437. The van der Waals surface area contributed by atoms with E-state index >= 15 is 0 Å². The summed E-state index contributed by atoms with van der Waals surface area (Å²) in [4.78, 5) is 2.45. The quantitative estimate of drug-likeness (QED) is 0.480. The van der Waals surface area contributed by atoms with E-state index in [1.807, 2.05) is 32.9 Å². The first-order chi connectivity index (χ1) is 11.9. The average molecular weight is 352 g/mol. The summed E-state index contributed by atoms with van der Waals surface area (Å²) < 4.78 is 11.8. The minimum atomic E-state index is 0.146. The molecule has 1 aliphatic rings. The van der Waals surface area contributed by atoms with Gasteiger partial charge in [0.1, 0.15) is 11.5 Å². The zero-order valence-corrected chi connectivity index (χ0v) is 17.9. The molecule has 0 bridgehead atoms. The van der Waals surface area contributed by atoms with Gasteiger partial charge in [-0.05, 0) is 53.3 Å². The molecular formula is C22H41NO2. The molecule has 1 heterocycles. The fraction of sp³-hybridized carbons (Fsp3) is 0.727. The molecule has 1 unspecified atom stereocenters. The van der Waals surface area contributed by atoms with Gasteiger partial charge in [0, 0.05) is 17.5 Å². The molecule has 0 radical (unpaired) electrons. The summed E-state index contributed by atoms with van der Waals surface area (Å²) in [6.07, 6.45) is 7.72. The van der Waals surface area contributed by atoms with Crippen molar-refractivity contribution in [1.82, 2.24) is 4.90 Å². The van der Waals surface area contributed by atoms with E-state index < -0.39 is 0 Å². The Balaban J connectivity index is 0.00000277. The molecule has 1 rings (SSSR count). The van der Waals surface area contributed by atoms with Crippen molar-refractivity contribution in [2.24, 2.45) is 5.92 Å². The third kappa shape index (κ3) is 7.68. The highest BCUT2D eigenvalue weighted by molar-refractivity contribution is 5.37. The Kier molecular flexibility index (Phi) is 12.4. The molecule has 2 atom stereocenters. The minimum absolute atomic E-state index is 0.146. The van der Waals surface area contributed by atoms with Crippen molar-refractivity contribution < 1.29 is 9.47 Å². The molecule has 0 saturated carbocycles. The molecule has 3 nitrogen and oxygen atoms in total. The van der Waals surface area contributed by atoms with Crippen LogP contribution >= 0.6 is 0 Å². The highest BCUT2D eigenvalue weighted by atomic mass is 16.5. The van der Waals surface area contributed by atoms with Crippen LogP contribution in [0.2, 0.25) is 0 Å². The summed E-state index contributed by atoms with van der Waals surface area (Å²) in [6.45, 7) is 20.5. The van der Waals surface area contributed by atoms with Gasteiger partial charge in [0.15, 0.2) is 0 Å². The van der Waals surface area contributed by atoms with Crippen molar-refractivity contribution in [1.29, 1.82) is 0 Å². The summed E-state index contributed by atoms with van der Waals surface area (Å²) in [5.41, 5.74) is 1.16. The molecule has 25 heavy (non-hydrogen) atoms. The van der Waals surface area contributed by atoms with Crippen molar-refractivity contribution in [2.45, 2.75) is 79.9 Å². The van der Waals surface area contributed by atoms with Crippen LogP contribution in [0.25, 0.3) is 0 Å². The molecule has 1 aliphatic heterocycles. The maximum Gasteiger partial charge on any atom is 0.126 e. The van der Waals surface area contributed by atoms with Gasteiger partial charge in [0.2, 0.25) is 0 Å². The number of hydrogen-bond donors (Lipinski definition) is 0. The smallest absolute Gasteiger partial charge is 0.126 e. The maximum absolute atomic E-state index is 6.04. The van der Waals surface area contributed by atoms with E-state index in [0.717, 1.165) is 30.1 Å². The van der Waals surface area contributed by atoms with Crippen LogP contribution in [0.1, 0.15) is 67.7 Å². The molecule has 0 aromatic carbocycles. The number of allylic oxidation sites excluding steroid dienone is 3. The monoisotopic (exact) mass is 351 g/mol. The summed E-state index contributed by atoms with van der Waals surface area (Å²) >= 11 is 0. The Morgan fingerprint density at radius 3 is 2.48 bits per heavy atom. The number of rotatable bonds is 9. The van der Waals surface area contributed by atoms with E-state index in [0.29, 0.717) is 18.6 Å². The van der Waals surface area contributed by atoms with Gasteiger partial charge >= 0.3 is 0 Å². The Morgan fingerprint density at radius 2 is 2.00 bits per heavy atom. The minimum Gasteiger partial charge on any atom is -0.493 e. The molecule has 0 aromatic heterocycles. The third-order valence-corrected chi connectivity index (χ3v) is 4.41. The molecular weight excluding hydrogens is 310 g/mol. The lowest BCUT2D eigenvalue weighted by Crippen LogP contribution is -2.33. The van der Waals surface area contributed by atoms with Gasteiger partial charge in [-0.1, -0.05) is 46.8 Å². The van der Waals surface area contributed by atoms with Gasteiger partial charge in [-0.25, -0.2) is 0 Å². The summed E-state index contributed by atoms with van der Waals surface area (Å²) in [5, 5.41) is 0. The van der Waals surface area contributed by atoms with Crippen molar-refractivity contribution in [2.75, 3.05) is 20.2 Å². The Morgan fingerprint density at radius 1 is 1.36 bits per heavy atom. The van der Waals surface area contributed by atoms with E-state index in [4.69, 9.17) is 9.47 Å². The zero-order chi connectivity index (χ0) is 19.4. The van der Waals surface area contributed by atoms with Crippen molar-refractivity contribution in [3.8, 4) is 0 Å². The van der Waals surface area contributed by atoms with Gasteiger partial charge < -0.3 is 14.4 Å². The molecule has 3 heteroatoms. The van der Waals surface area contributed by atoms with Crippen LogP contribution in [0.15, 0.2) is 35.8 Å². The second kappa shape index (κ2) is 13.0. The first kappa shape index (κ1) is 23.8. The first-order valence-electron chi connectivity index (χ1n) is 10.00. The zero-order valence-electron chi connectivity index (χ0n) is 17.9. The molecule has 146 valence electrons. The van der Waals surface area contributed by atoms with Crippen LogP contribution in [0, 0.1) is 5.92 Å². The maximum atomic E-state index is 6.04. The van der Waals surface area contributed by atoms with Crippen molar-refractivity contribution in [3.63, 3.8) is 0 Å². The van der Waals surface area contributed by atoms with Crippen LogP contribution in [-0.4, -0.2) is 37.2 Å². The lowest BCUT2D eigenvalue weighted by atomic mass is 9.90. The van der Waals surface area contributed by atoms with Crippen LogP contribution in [0.5, 0.6) is 0 Å². The normalized spacial score (nSPS) is 20.6. The highest BCUT2D eigenvalue weighted by Gasteiger charge is 2.32. The first-order valence-corrected chi connectivity index (χ1v) is 10.00. The SMILES string of the molecule is C=C1OCC(C[C@@H](CCC)N(C)CC)/C1=C(/C=C\C)OC(C)C.CC. The standard InChI is InChI=1S/C20H35NO2.C2H6/c1-8-11-18(21(7)10-3)13-17-14-22-16(6)20(17)19(12-9-2)23-15(4)5;1-2/h9,12,15,17-18H,6,8,10-11,13-14H2,1-5,7H3;1-2H3/b12-9-,20-19-;/t17?,18-;/m1./s1. The molecule has 0 aromatic rings. The summed E-state index contributed by atoms with van der Waals surface area (Å²) in [7, 11) is 2.21. The van der Waals surface area contributed by atoms with Gasteiger partial charge in [-0.2, -0.15) is 0 Å². The fourth-order valence-electron chi connectivity index (χ4n) is 3.15. The highest BCUT2D eigenvalue weighted by Crippen LogP contribution is 2.36. The molecule has 0 amide bonds. The van der Waals surface area contributed by atoms with Gasteiger partial charge in [-0.15, -0.1) is 0 Å². The molecule has 1 saturated heterocycles. The van der Waals surface area contributed by atoms with Crippen LogP contribution < -0.4 is 0 Å². The Hall–Kier alpha value is -1.22. The molecule has 0 aliphatic carbocycles. The van der Waals surface area contributed by atoms with E-state index in [1.54, 1.807) is 0 Å². The fourth-order valence-corrected chi connectivity index (χ4v) is 3.15. The Labute approximate surface area is 156 Å². The van der Waals surface area contributed by atoms with Crippen LogP contribution in [-0.2, 0) is 9.47 Å². The lowest BCUT2D eigenvalue weighted by Gasteiger charge is -2.29. The van der Waals surface area contributed by atoms with E-state index in [2.05, 4.69) is 46.2 Å². The molecule has 0 N–H and O–H groups in total. The van der Waals surface area contributed by atoms with Crippen LogP contribution in [0.3, 0.4) is 0 Å². The number of ether oxygens (including phenoxy) is 2. The van der Waals surface area contributed by atoms with Gasteiger partial charge in [0.25, 0.3) is 0 Å². The third-order valence-electron chi connectivity index (χ3n) is 4.41.